The zero-order valence-electron chi connectivity index (χ0n) is 23.2. The average molecular weight is 611 g/mol. The number of aryl methyl sites for hydroxylation is 2. The Morgan fingerprint density at radius 2 is 1.36 bits per heavy atom. The second-order valence-electron chi connectivity index (χ2n) is 10.1. The number of hydrogen-bond donors (Lipinski definition) is 0. The highest BCUT2D eigenvalue weighted by Gasteiger charge is 2.37. The van der Waals surface area contributed by atoms with Crippen LogP contribution in [-0.2, 0) is 6.18 Å². The third-order valence-corrected chi connectivity index (χ3v) is 7.39. The first-order chi connectivity index (χ1) is 21.2. The Labute approximate surface area is 253 Å². The molecule has 4 aromatic rings. The van der Waals surface area contributed by atoms with E-state index in [0.717, 1.165) is 23.8 Å². The fourth-order valence-electron chi connectivity index (χ4n) is 5.38. The molecule has 0 aliphatic heterocycles. The summed E-state index contributed by atoms with van der Waals surface area (Å²) in [6, 6.07) is 16.6. The lowest BCUT2D eigenvalue weighted by molar-refractivity contribution is -0.274. The molecule has 0 unspecified atom stereocenters. The minimum absolute atomic E-state index is 0.0709. The van der Waals surface area contributed by atoms with Gasteiger partial charge in [-0.1, -0.05) is 24.3 Å². The van der Waals surface area contributed by atoms with Gasteiger partial charge in [0.25, 0.3) is 5.70 Å². The van der Waals surface area contributed by atoms with Crippen LogP contribution >= 0.6 is 0 Å². The lowest BCUT2D eigenvalue weighted by atomic mass is 9.92. The van der Waals surface area contributed by atoms with Gasteiger partial charge in [-0.15, -0.1) is 13.2 Å². The van der Waals surface area contributed by atoms with E-state index >= 15 is 0 Å². The van der Waals surface area contributed by atoms with Crippen LogP contribution in [0.25, 0.3) is 48.6 Å². The number of hydrogen-bond acceptors (Lipinski definition) is 3. The Morgan fingerprint density at radius 3 is 1.93 bits per heavy atom. The summed E-state index contributed by atoms with van der Waals surface area (Å²) in [5.74, 6) is -0.797. The SMILES string of the molecule is [C-]#[N+]/C(C#N)=C1\c2cc(C)c(-c3ccc(C)c([N+]#[C-])c3)cc2-c2cc(-c3ccc(C(F)(F)F)c(C#N)c3)c(OC(F)(F)F)cc21. The molecule has 11 heteroatoms. The second kappa shape index (κ2) is 10.9. The molecule has 0 aromatic heterocycles. The summed E-state index contributed by atoms with van der Waals surface area (Å²) >= 11 is 0. The van der Waals surface area contributed by atoms with Crippen molar-refractivity contribution in [2.24, 2.45) is 0 Å². The van der Waals surface area contributed by atoms with Crippen LogP contribution in [-0.4, -0.2) is 6.36 Å². The Morgan fingerprint density at radius 1 is 0.733 bits per heavy atom. The Hall–Kier alpha value is -6.04. The van der Waals surface area contributed by atoms with Crippen LogP contribution < -0.4 is 4.74 Å². The minimum atomic E-state index is -5.21. The van der Waals surface area contributed by atoms with E-state index in [2.05, 4.69) is 14.4 Å². The first-order valence-electron chi connectivity index (χ1n) is 12.9. The van der Waals surface area contributed by atoms with E-state index in [9.17, 15) is 36.9 Å². The summed E-state index contributed by atoms with van der Waals surface area (Å²) in [6.45, 7) is 18.6. The van der Waals surface area contributed by atoms with Gasteiger partial charge in [-0.25, -0.2) is 15.0 Å². The fourth-order valence-corrected chi connectivity index (χ4v) is 5.38. The van der Waals surface area contributed by atoms with Crippen molar-refractivity contribution >= 4 is 11.3 Å². The Kier molecular flexibility index (Phi) is 7.37. The second-order valence-corrected chi connectivity index (χ2v) is 10.1. The number of alkyl halides is 6. The first kappa shape index (κ1) is 30.4. The van der Waals surface area contributed by atoms with Gasteiger partial charge >= 0.3 is 12.5 Å². The van der Waals surface area contributed by atoms with Crippen molar-refractivity contribution in [1.29, 1.82) is 10.5 Å². The highest BCUT2D eigenvalue weighted by molar-refractivity contribution is 6.06. The summed E-state index contributed by atoms with van der Waals surface area (Å²) in [4.78, 5) is 6.84. The first-order valence-corrected chi connectivity index (χ1v) is 12.9. The van der Waals surface area contributed by atoms with E-state index in [-0.39, 0.29) is 33.5 Å². The van der Waals surface area contributed by atoms with Crippen molar-refractivity contribution in [3.8, 4) is 51.3 Å². The molecule has 1 aliphatic rings. The van der Waals surface area contributed by atoms with Gasteiger partial charge in [-0.05, 0) is 100 Å². The number of nitrogens with zero attached hydrogens (tertiary/aromatic N) is 4. The maximum atomic E-state index is 13.6. The predicted molar refractivity (Wildman–Crippen MR) is 153 cm³/mol. The molecular weight excluding hydrogens is 594 g/mol. The molecule has 0 radical (unpaired) electrons. The smallest absolute Gasteiger partial charge is 0.405 e. The molecule has 0 bridgehead atoms. The number of halogens is 6. The van der Waals surface area contributed by atoms with Crippen LogP contribution in [0.15, 0.2) is 66.4 Å². The molecule has 5 nitrogen and oxygen atoms in total. The summed E-state index contributed by atoms with van der Waals surface area (Å²) in [5, 5.41) is 19.2. The van der Waals surface area contributed by atoms with Crippen LogP contribution in [0.2, 0.25) is 0 Å². The number of rotatable bonds is 3. The lowest BCUT2D eigenvalue weighted by Crippen LogP contribution is -2.18. The van der Waals surface area contributed by atoms with Crippen LogP contribution in [0.5, 0.6) is 5.75 Å². The molecule has 4 aromatic carbocycles. The summed E-state index contributed by atoms with van der Waals surface area (Å²) in [7, 11) is 0. The Balaban J connectivity index is 1.86. The minimum Gasteiger partial charge on any atom is -0.405 e. The molecule has 0 atom stereocenters. The number of fused-ring (bicyclic) bond motifs is 3. The van der Waals surface area contributed by atoms with Gasteiger partial charge in [0.2, 0.25) is 0 Å². The molecule has 1 aliphatic carbocycles. The van der Waals surface area contributed by atoms with Gasteiger partial charge in [0.05, 0.1) is 36.4 Å². The van der Waals surface area contributed by atoms with Gasteiger partial charge < -0.3 is 4.74 Å². The molecule has 0 N–H and O–H groups in total. The van der Waals surface area contributed by atoms with Crippen LogP contribution in [0.3, 0.4) is 0 Å². The standard InChI is InChI=1S/C34H16F6N4O/c1-17-5-6-20(11-29(17)43-3)22-12-24-25-13-23(19-7-8-28(33(35,36)37)21(10-19)15-41)31(45-34(38,39)40)14-27(25)32(30(16-42)44-4)26(24)9-18(22)2/h5-14H,1-2H3/b32-30+. The van der Waals surface area contributed by atoms with Crippen molar-refractivity contribution in [2.45, 2.75) is 26.4 Å². The Bertz CT molecular complexity index is 2120. The summed E-state index contributed by atoms with van der Waals surface area (Å²) in [6.07, 6.45) is -10.1. The maximum absolute atomic E-state index is 13.6. The molecular formula is C34H16F6N4O. The van der Waals surface area contributed by atoms with Crippen molar-refractivity contribution in [3.63, 3.8) is 0 Å². The fraction of sp³-hybridized carbons (Fsp3) is 0.118. The molecule has 0 saturated heterocycles. The number of allylic oxidation sites excluding steroid dienone is 1. The van der Waals surface area contributed by atoms with Gasteiger partial charge in [-0.3, -0.25) is 0 Å². The lowest BCUT2D eigenvalue weighted by Gasteiger charge is -2.17. The quantitative estimate of drug-likeness (QED) is 0.116. The van der Waals surface area contributed by atoms with Gasteiger partial charge in [0, 0.05) is 11.1 Å². The summed E-state index contributed by atoms with van der Waals surface area (Å²) < 4.78 is 85.7. The van der Waals surface area contributed by atoms with Gasteiger partial charge in [0.1, 0.15) is 5.75 Å². The van der Waals surface area contributed by atoms with Crippen molar-refractivity contribution < 1.29 is 31.1 Å². The predicted octanol–water partition coefficient (Wildman–Crippen LogP) is 10.2. The largest absolute Gasteiger partial charge is 0.573 e. The monoisotopic (exact) mass is 610 g/mol. The topological polar surface area (TPSA) is 65.5 Å². The zero-order valence-corrected chi connectivity index (χ0v) is 23.2. The van der Waals surface area contributed by atoms with E-state index in [1.54, 1.807) is 44.2 Å². The van der Waals surface area contributed by atoms with Crippen LogP contribution in [0, 0.1) is 49.7 Å². The third-order valence-electron chi connectivity index (χ3n) is 7.39. The summed E-state index contributed by atoms with van der Waals surface area (Å²) in [5.41, 5.74) is 1.62. The van der Waals surface area contributed by atoms with Crippen molar-refractivity contribution in [1.82, 2.24) is 0 Å². The van der Waals surface area contributed by atoms with Crippen molar-refractivity contribution in [2.75, 3.05) is 0 Å². The highest BCUT2D eigenvalue weighted by atomic mass is 19.4. The van der Waals surface area contributed by atoms with E-state index in [4.69, 9.17) is 13.1 Å². The number of ether oxygens (including phenoxy) is 1. The molecule has 220 valence electrons. The molecule has 0 saturated carbocycles. The third kappa shape index (κ3) is 5.44. The van der Waals surface area contributed by atoms with Gasteiger partial charge in [0.15, 0.2) is 5.69 Å². The van der Waals surface area contributed by atoms with E-state index < -0.39 is 29.4 Å². The van der Waals surface area contributed by atoms with E-state index in [1.807, 2.05) is 6.07 Å². The number of nitriles is 2. The van der Waals surface area contributed by atoms with Crippen LogP contribution in [0.4, 0.5) is 32.0 Å². The molecule has 0 spiro atoms. The van der Waals surface area contributed by atoms with Crippen LogP contribution in [0.1, 0.15) is 33.4 Å². The van der Waals surface area contributed by atoms with E-state index in [1.165, 1.54) is 12.1 Å². The molecule has 0 heterocycles. The number of benzene rings is 4. The van der Waals surface area contributed by atoms with Gasteiger partial charge in [-0.2, -0.15) is 18.4 Å². The zero-order chi connectivity index (χ0) is 32.8. The van der Waals surface area contributed by atoms with Crippen molar-refractivity contribution in [3.05, 3.63) is 123 Å². The molecule has 45 heavy (non-hydrogen) atoms. The molecule has 5 rings (SSSR count). The highest BCUT2D eigenvalue weighted by Crippen LogP contribution is 2.52. The normalized spacial score (nSPS) is 13.1. The molecule has 0 fully saturated rings. The molecule has 0 amide bonds. The average Bonchev–Trinajstić information content (AvgIpc) is 3.27. The maximum Gasteiger partial charge on any atom is 0.573 e. The van der Waals surface area contributed by atoms with E-state index in [0.29, 0.717) is 39.6 Å².